The molecule has 1 aliphatic rings. The largest absolute Gasteiger partial charge is 0.462 e. The molecule has 104 valence electrons. The molecule has 2 heterocycles. The van der Waals surface area contributed by atoms with Gasteiger partial charge in [-0.3, -0.25) is 0 Å². The van der Waals surface area contributed by atoms with Crippen molar-refractivity contribution >= 4 is 11.8 Å². The highest BCUT2D eigenvalue weighted by Gasteiger charge is 2.13. The van der Waals surface area contributed by atoms with Crippen LogP contribution >= 0.6 is 0 Å². The van der Waals surface area contributed by atoms with Crippen LogP contribution in [0.5, 0.6) is 0 Å². The first-order valence-corrected chi connectivity index (χ1v) is 6.74. The smallest absolute Gasteiger partial charge is 0.339 e. The maximum atomic E-state index is 11.5. The van der Waals surface area contributed by atoms with Crippen molar-refractivity contribution in [3.8, 4) is 0 Å². The summed E-state index contributed by atoms with van der Waals surface area (Å²) in [6.07, 6.45) is 3.73. The van der Waals surface area contributed by atoms with E-state index in [2.05, 4.69) is 10.3 Å². The number of anilines is 1. The van der Waals surface area contributed by atoms with Crippen LogP contribution in [0.4, 0.5) is 5.82 Å². The van der Waals surface area contributed by atoms with Crippen LogP contribution in [0.2, 0.25) is 0 Å². The summed E-state index contributed by atoms with van der Waals surface area (Å²) in [5.41, 5.74) is 0.485. The van der Waals surface area contributed by atoms with Gasteiger partial charge in [0.1, 0.15) is 5.82 Å². The average Bonchev–Trinajstić information content (AvgIpc) is 2.47. The van der Waals surface area contributed by atoms with Crippen molar-refractivity contribution in [2.75, 3.05) is 31.7 Å². The van der Waals surface area contributed by atoms with Crippen LogP contribution in [0.25, 0.3) is 0 Å². The Morgan fingerprint density at radius 1 is 1.47 bits per heavy atom. The zero-order valence-electron chi connectivity index (χ0n) is 11.2. The Hall–Kier alpha value is -1.62. The Morgan fingerprint density at radius 3 is 2.89 bits per heavy atom. The highest BCUT2D eigenvalue weighted by Crippen LogP contribution is 2.15. The summed E-state index contributed by atoms with van der Waals surface area (Å²) in [4.78, 5) is 15.7. The van der Waals surface area contributed by atoms with Crippen LogP contribution in [-0.4, -0.2) is 37.3 Å². The van der Waals surface area contributed by atoms with E-state index < -0.39 is 0 Å². The number of hydrogen-bond donors (Lipinski definition) is 1. The molecule has 0 atom stereocenters. The van der Waals surface area contributed by atoms with Gasteiger partial charge in [0.05, 0.1) is 12.2 Å². The molecule has 1 fully saturated rings. The third kappa shape index (κ3) is 4.21. The van der Waals surface area contributed by atoms with Crippen LogP contribution in [0, 0.1) is 5.92 Å². The van der Waals surface area contributed by atoms with Crippen LogP contribution in [0.15, 0.2) is 18.3 Å². The zero-order valence-corrected chi connectivity index (χ0v) is 11.2. The molecule has 0 aromatic carbocycles. The van der Waals surface area contributed by atoms with Crippen LogP contribution in [-0.2, 0) is 9.47 Å². The van der Waals surface area contributed by atoms with Gasteiger partial charge in [0.15, 0.2) is 0 Å². The standard InChI is InChI=1S/C14H20N2O3/c1-2-19-14(17)12-3-4-13(16-10-12)15-9-11-5-7-18-8-6-11/h3-4,10-11H,2,5-9H2,1H3,(H,15,16). The summed E-state index contributed by atoms with van der Waals surface area (Å²) < 4.78 is 10.2. The fourth-order valence-corrected chi connectivity index (χ4v) is 2.03. The van der Waals surface area contributed by atoms with Crippen LogP contribution in [0.1, 0.15) is 30.1 Å². The molecule has 1 aliphatic heterocycles. The molecule has 0 unspecified atom stereocenters. The summed E-state index contributed by atoms with van der Waals surface area (Å²) in [6, 6.07) is 3.54. The Kier molecular flexibility index (Phi) is 5.15. The van der Waals surface area contributed by atoms with E-state index in [9.17, 15) is 4.79 Å². The van der Waals surface area contributed by atoms with E-state index in [1.54, 1.807) is 19.2 Å². The van der Waals surface area contributed by atoms with Gasteiger partial charge in [-0.05, 0) is 37.8 Å². The highest BCUT2D eigenvalue weighted by molar-refractivity contribution is 5.89. The molecule has 1 aromatic heterocycles. The number of nitrogens with zero attached hydrogens (tertiary/aromatic N) is 1. The molecule has 5 heteroatoms. The number of pyridine rings is 1. The van der Waals surface area contributed by atoms with Gasteiger partial charge in [-0.25, -0.2) is 9.78 Å². The lowest BCUT2D eigenvalue weighted by Gasteiger charge is -2.22. The number of carbonyl (C=O) groups excluding carboxylic acids is 1. The number of ether oxygens (including phenoxy) is 2. The van der Waals surface area contributed by atoms with Crippen molar-refractivity contribution < 1.29 is 14.3 Å². The Labute approximate surface area is 113 Å². The van der Waals surface area contributed by atoms with Gasteiger partial charge >= 0.3 is 5.97 Å². The molecule has 0 bridgehead atoms. The number of carbonyl (C=O) groups is 1. The van der Waals surface area contributed by atoms with Gasteiger partial charge in [-0.2, -0.15) is 0 Å². The molecule has 2 rings (SSSR count). The summed E-state index contributed by atoms with van der Waals surface area (Å²) in [6.45, 7) is 4.76. The van der Waals surface area contributed by atoms with Crippen LogP contribution in [0.3, 0.4) is 0 Å². The molecule has 19 heavy (non-hydrogen) atoms. The van der Waals surface area contributed by atoms with E-state index in [-0.39, 0.29) is 5.97 Å². The van der Waals surface area contributed by atoms with E-state index in [0.29, 0.717) is 18.1 Å². The Morgan fingerprint density at radius 2 is 2.26 bits per heavy atom. The molecular formula is C14H20N2O3. The van der Waals surface area contributed by atoms with Gasteiger partial charge in [-0.15, -0.1) is 0 Å². The third-order valence-corrected chi connectivity index (χ3v) is 3.19. The lowest BCUT2D eigenvalue weighted by Crippen LogP contribution is -2.22. The Balaban J connectivity index is 1.82. The minimum atomic E-state index is -0.328. The van der Waals surface area contributed by atoms with Gasteiger partial charge in [-0.1, -0.05) is 0 Å². The Bertz CT molecular complexity index is 400. The van der Waals surface area contributed by atoms with Crippen LogP contribution < -0.4 is 5.32 Å². The molecule has 0 radical (unpaired) electrons. The number of hydrogen-bond acceptors (Lipinski definition) is 5. The minimum Gasteiger partial charge on any atom is -0.462 e. The molecule has 0 amide bonds. The number of esters is 1. The zero-order chi connectivity index (χ0) is 13.5. The summed E-state index contributed by atoms with van der Waals surface area (Å²) in [5.74, 6) is 1.10. The molecule has 5 nitrogen and oxygen atoms in total. The normalized spacial score (nSPS) is 16.1. The first-order chi connectivity index (χ1) is 9.29. The monoisotopic (exact) mass is 264 g/mol. The molecule has 0 aliphatic carbocycles. The van der Waals surface area contributed by atoms with Crippen molar-refractivity contribution in [3.63, 3.8) is 0 Å². The fraction of sp³-hybridized carbons (Fsp3) is 0.571. The van der Waals surface area contributed by atoms with Crippen molar-refractivity contribution in [2.45, 2.75) is 19.8 Å². The highest BCUT2D eigenvalue weighted by atomic mass is 16.5. The fourth-order valence-electron chi connectivity index (χ4n) is 2.03. The van der Waals surface area contributed by atoms with E-state index >= 15 is 0 Å². The molecule has 0 spiro atoms. The second kappa shape index (κ2) is 7.09. The number of nitrogens with one attached hydrogen (secondary N) is 1. The maximum absolute atomic E-state index is 11.5. The first-order valence-electron chi connectivity index (χ1n) is 6.74. The van der Waals surface area contributed by atoms with E-state index in [1.165, 1.54) is 0 Å². The quantitative estimate of drug-likeness (QED) is 0.825. The predicted molar refractivity (Wildman–Crippen MR) is 72.2 cm³/mol. The number of rotatable bonds is 5. The number of aromatic nitrogens is 1. The van der Waals surface area contributed by atoms with Gasteiger partial charge < -0.3 is 14.8 Å². The van der Waals surface area contributed by atoms with Crippen molar-refractivity contribution in [3.05, 3.63) is 23.9 Å². The molecule has 1 aromatic rings. The SMILES string of the molecule is CCOC(=O)c1ccc(NCC2CCOCC2)nc1. The topological polar surface area (TPSA) is 60.5 Å². The molecule has 1 saturated heterocycles. The lowest BCUT2D eigenvalue weighted by molar-refractivity contribution is 0.0526. The van der Waals surface area contributed by atoms with E-state index in [0.717, 1.165) is 38.4 Å². The second-order valence-corrected chi connectivity index (χ2v) is 4.59. The average molecular weight is 264 g/mol. The van der Waals surface area contributed by atoms with Gasteiger partial charge in [0.25, 0.3) is 0 Å². The second-order valence-electron chi connectivity index (χ2n) is 4.59. The summed E-state index contributed by atoms with van der Waals surface area (Å²) in [5, 5.41) is 3.29. The predicted octanol–water partition coefficient (Wildman–Crippen LogP) is 2.10. The van der Waals surface area contributed by atoms with Crippen molar-refractivity contribution in [2.24, 2.45) is 5.92 Å². The third-order valence-electron chi connectivity index (χ3n) is 3.19. The molecular weight excluding hydrogens is 244 g/mol. The van der Waals surface area contributed by atoms with Gasteiger partial charge in [0, 0.05) is 26.0 Å². The summed E-state index contributed by atoms with van der Waals surface area (Å²) in [7, 11) is 0. The minimum absolute atomic E-state index is 0.328. The van der Waals surface area contributed by atoms with Gasteiger partial charge in [0.2, 0.25) is 0 Å². The molecule has 0 saturated carbocycles. The lowest BCUT2D eigenvalue weighted by atomic mass is 10.0. The van der Waals surface area contributed by atoms with E-state index in [1.807, 2.05) is 6.07 Å². The summed E-state index contributed by atoms with van der Waals surface area (Å²) >= 11 is 0. The van der Waals surface area contributed by atoms with E-state index in [4.69, 9.17) is 9.47 Å². The maximum Gasteiger partial charge on any atom is 0.339 e. The first kappa shape index (κ1) is 13.8. The van der Waals surface area contributed by atoms with Crippen molar-refractivity contribution in [1.82, 2.24) is 4.98 Å². The molecule has 1 N–H and O–H groups in total. The van der Waals surface area contributed by atoms with Crippen molar-refractivity contribution in [1.29, 1.82) is 0 Å².